The third kappa shape index (κ3) is 2.58. The monoisotopic (exact) mass is 270 g/mol. The molecular weight excluding hydrogens is 252 g/mol. The fourth-order valence-electron chi connectivity index (χ4n) is 2.54. The third-order valence-corrected chi connectivity index (χ3v) is 4.96. The average molecular weight is 270 g/mol. The maximum Gasteiger partial charge on any atom is 0.270 e. The molecule has 1 saturated heterocycles. The summed E-state index contributed by atoms with van der Waals surface area (Å²) in [5, 5.41) is -0.855. The first kappa shape index (κ1) is 13.5. The Labute approximate surface area is 108 Å². The quantitative estimate of drug-likeness (QED) is 0.836. The van der Waals surface area contributed by atoms with Gasteiger partial charge in [0.1, 0.15) is 5.25 Å². The summed E-state index contributed by atoms with van der Waals surface area (Å²) in [5.74, 6) is -0.186. The lowest BCUT2D eigenvalue weighted by molar-refractivity contribution is 0.0856. The molecule has 5 heteroatoms. The van der Waals surface area contributed by atoms with Crippen molar-refractivity contribution in [2.75, 3.05) is 13.2 Å². The second-order valence-electron chi connectivity index (χ2n) is 4.81. The van der Waals surface area contributed by atoms with Gasteiger partial charge in [-0.25, -0.2) is 0 Å². The van der Waals surface area contributed by atoms with Gasteiger partial charge in [-0.15, -0.1) is 0 Å². The molecular formula is C13H18O4S. The van der Waals surface area contributed by atoms with Gasteiger partial charge in [0, 0.05) is 12.5 Å². The van der Waals surface area contributed by atoms with Crippen LogP contribution in [-0.4, -0.2) is 31.4 Å². The van der Waals surface area contributed by atoms with Crippen LogP contribution in [0.25, 0.3) is 0 Å². The summed E-state index contributed by atoms with van der Waals surface area (Å²) >= 11 is 0. The van der Waals surface area contributed by atoms with Crippen molar-refractivity contribution >= 4 is 10.1 Å². The number of hydrogen-bond acceptors (Lipinski definition) is 3. The van der Waals surface area contributed by atoms with Crippen LogP contribution in [0.5, 0.6) is 0 Å². The molecule has 1 aromatic rings. The highest BCUT2D eigenvalue weighted by Gasteiger charge is 2.36. The van der Waals surface area contributed by atoms with Gasteiger partial charge in [-0.1, -0.05) is 18.2 Å². The van der Waals surface area contributed by atoms with E-state index in [1.807, 2.05) is 32.0 Å². The zero-order valence-corrected chi connectivity index (χ0v) is 11.4. The Kier molecular flexibility index (Phi) is 3.75. The maximum atomic E-state index is 11.4. The molecule has 1 heterocycles. The van der Waals surface area contributed by atoms with E-state index in [9.17, 15) is 13.0 Å². The van der Waals surface area contributed by atoms with Crippen molar-refractivity contribution in [3.05, 3.63) is 34.9 Å². The number of hydrogen-bond donors (Lipinski definition) is 1. The molecule has 1 N–H and O–H groups in total. The fourth-order valence-corrected chi connectivity index (χ4v) is 3.50. The minimum absolute atomic E-state index is 0.0664. The Balaban J connectivity index is 2.43. The normalized spacial score (nSPS) is 25.1. The maximum absolute atomic E-state index is 11.4. The SMILES string of the molecule is Cc1cccc(C2CCOCC2S(=O)(=O)O)c1C. The van der Waals surface area contributed by atoms with Crippen molar-refractivity contribution in [2.24, 2.45) is 0 Å². The highest BCUT2D eigenvalue weighted by molar-refractivity contribution is 7.86. The van der Waals surface area contributed by atoms with Crippen LogP contribution < -0.4 is 0 Å². The highest BCUT2D eigenvalue weighted by Crippen LogP contribution is 2.33. The van der Waals surface area contributed by atoms with Crippen LogP contribution in [0.2, 0.25) is 0 Å². The Morgan fingerprint density at radius 2 is 2.06 bits per heavy atom. The Hall–Kier alpha value is -0.910. The van der Waals surface area contributed by atoms with E-state index in [4.69, 9.17) is 4.74 Å². The van der Waals surface area contributed by atoms with E-state index in [2.05, 4.69) is 0 Å². The van der Waals surface area contributed by atoms with Gasteiger partial charge in [-0.3, -0.25) is 4.55 Å². The fraction of sp³-hybridized carbons (Fsp3) is 0.538. The predicted octanol–water partition coefficient (Wildman–Crippen LogP) is 2.06. The molecule has 0 amide bonds. The van der Waals surface area contributed by atoms with Gasteiger partial charge in [0.05, 0.1) is 6.61 Å². The van der Waals surface area contributed by atoms with E-state index in [0.29, 0.717) is 13.0 Å². The van der Waals surface area contributed by atoms with Gasteiger partial charge in [0.15, 0.2) is 0 Å². The van der Waals surface area contributed by atoms with Gasteiger partial charge < -0.3 is 4.74 Å². The summed E-state index contributed by atoms with van der Waals surface area (Å²) in [7, 11) is -4.08. The van der Waals surface area contributed by atoms with Crippen molar-refractivity contribution in [3.63, 3.8) is 0 Å². The summed E-state index contributed by atoms with van der Waals surface area (Å²) in [6, 6.07) is 5.87. The summed E-state index contributed by atoms with van der Waals surface area (Å²) < 4.78 is 37.4. The molecule has 2 atom stereocenters. The van der Waals surface area contributed by atoms with Crippen molar-refractivity contribution < 1.29 is 17.7 Å². The van der Waals surface area contributed by atoms with E-state index in [1.54, 1.807) is 0 Å². The van der Waals surface area contributed by atoms with E-state index >= 15 is 0 Å². The standard InChI is InChI=1S/C13H18O4S/c1-9-4-3-5-11(10(9)2)12-6-7-17-8-13(12)18(14,15)16/h3-5,12-13H,6-8H2,1-2H3,(H,14,15,16). The van der Waals surface area contributed by atoms with E-state index in [0.717, 1.165) is 16.7 Å². The molecule has 2 rings (SSSR count). The average Bonchev–Trinajstić information content (AvgIpc) is 2.32. The summed E-state index contributed by atoms with van der Waals surface area (Å²) in [5.41, 5.74) is 3.23. The zero-order valence-electron chi connectivity index (χ0n) is 10.6. The molecule has 18 heavy (non-hydrogen) atoms. The molecule has 0 radical (unpaired) electrons. The molecule has 100 valence electrons. The van der Waals surface area contributed by atoms with Gasteiger partial charge >= 0.3 is 0 Å². The molecule has 2 unspecified atom stereocenters. The Bertz CT molecular complexity index is 536. The van der Waals surface area contributed by atoms with Crippen LogP contribution in [0.1, 0.15) is 29.0 Å². The lowest BCUT2D eigenvalue weighted by atomic mass is 9.87. The molecule has 0 aliphatic carbocycles. The summed E-state index contributed by atoms with van der Waals surface area (Å²) in [4.78, 5) is 0. The third-order valence-electron chi connectivity index (χ3n) is 3.73. The number of ether oxygens (including phenoxy) is 1. The second-order valence-corrected chi connectivity index (χ2v) is 6.45. The molecule has 0 spiro atoms. The number of benzene rings is 1. The largest absolute Gasteiger partial charge is 0.380 e. The van der Waals surface area contributed by atoms with Gasteiger partial charge in [0.25, 0.3) is 10.1 Å². The van der Waals surface area contributed by atoms with Crippen molar-refractivity contribution in [1.82, 2.24) is 0 Å². The van der Waals surface area contributed by atoms with Gasteiger partial charge in [-0.2, -0.15) is 8.42 Å². The second kappa shape index (κ2) is 4.99. The number of rotatable bonds is 2. The molecule has 1 aliphatic heterocycles. The molecule has 1 aliphatic rings. The first-order valence-electron chi connectivity index (χ1n) is 6.01. The summed E-state index contributed by atoms with van der Waals surface area (Å²) in [6.45, 7) is 4.59. The molecule has 1 fully saturated rings. The van der Waals surface area contributed by atoms with Crippen LogP contribution in [0.4, 0.5) is 0 Å². The minimum Gasteiger partial charge on any atom is -0.380 e. The van der Waals surface area contributed by atoms with Gasteiger partial charge in [-0.05, 0) is 37.0 Å². The smallest absolute Gasteiger partial charge is 0.270 e. The minimum atomic E-state index is -4.08. The van der Waals surface area contributed by atoms with E-state index in [-0.39, 0.29) is 12.5 Å². The Morgan fingerprint density at radius 3 is 2.72 bits per heavy atom. The predicted molar refractivity (Wildman–Crippen MR) is 69.4 cm³/mol. The van der Waals surface area contributed by atoms with Crippen molar-refractivity contribution in [1.29, 1.82) is 0 Å². The Morgan fingerprint density at radius 1 is 1.33 bits per heavy atom. The van der Waals surface area contributed by atoms with Crippen LogP contribution >= 0.6 is 0 Å². The lowest BCUT2D eigenvalue weighted by Crippen LogP contribution is -2.37. The highest BCUT2D eigenvalue weighted by atomic mass is 32.2. The summed E-state index contributed by atoms with van der Waals surface area (Å²) in [6.07, 6.45) is 0.620. The van der Waals surface area contributed by atoms with Crippen LogP contribution in [0, 0.1) is 13.8 Å². The van der Waals surface area contributed by atoms with Crippen molar-refractivity contribution in [2.45, 2.75) is 31.4 Å². The van der Waals surface area contributed by atoms with Crippen LogP contribution in [-0.2, 0) is 14.9 Å². The van der Waals surface area contributed by atoms with E-state index < -0.39 is 15.4 Å². The number of aryl methyl sites for hydroxylation is 1. The molecule has 4 nitrogen and oxygen atoms in total. The van der Waals surface area contributed by atoms with Gasteiger partial charge in [0.2, 0.25) is 0 Å². The molecule has 0 aromatic heterocycles. The molecule has 1 aromatic carbocycles. The van der Waals surface area contributed by atoms with Crippen LogP contribution in [0.3, 0.4) is 0 Å². The first-order chi connectivity index (χ1) is 8.41. The molecule has 0 bridgehead atoms. The molecule has 0 saturated carbocycles. The van der Waals surface area contributed by atoms with Crippen molar-refractivity contribution in [3.8, 4) is 0 Å². The first-order valence-corrected chi connectivity index (χ1v) is 7.51. The van der Waals surface area contributed by atoms with Crippen LogP contribution in [0.15, 0.2) is 18.2 Å². The topological polar surface area (TPSA) is 63.6 Å². The lowest BCUT2D eigenvalue weighted by Gasteiger charge is -2.31. The zero-order chi connectivity index (χ0) is 13.3. The van der Waals surface area contributed by atoms with E-state index in [1.165, 1.54) is 0 Å².